The van der Waals surface area contributed by atoms with E-state index in [2.05, 4.69) is 4.98 Å². The van der Waals surface area contributed by atoms with E-state index >= 15 is 0 Å². The van der Waals surface area contributed by atoms with Gasteiger partial charge in [0, 0.05) is 18.0 Å². The third-order valence-corrected chi connectivity index (χ3v) is 2.29. The van der Waals surface area contributed by atoms with E-state index in [1.165, 1.54) is 6.08 Å². The first-order valence-electron chi connectivity index (χ1n) is 5.14. The second-order valence-electron chi connectivity index (χ2n) is 3.54. The van der Waals surface area contributed by atoms with Crippen LogP contribution in [0.5, 0.6) is 0 Å². The molecule has 5 nitrogen and oxygen atoms in total. The highest BCUT2D eigenvalue weighted by atomic mass is 16.4. The summed E-state index contributed by atoms with van der Waals surface area (Å²) >= 11 is 0. The zero-order valence-electron chi connectivity index (χ0n) is 9.32. The van der Waals surface area contributed by atoms with Gasteiger partial charge in [-0.15, -0.1) is 0 Å². The van der Waals surface area contributed by atoms with Crippen LogP contribution in [0.2, 0.25) is 0 Å². The number of imidazole rings is 1. The van der Waals surface area contributed by atoms with Gasteiger partial charge in [0.1, 0.15) is 0 Å². The largest absolute Gasteiger partial charge is 0.478 e. The normalized spacial score (nSPS) is 10.4. The summed E-state index contributed by atoms with van der Waals surface area (Å²) in [5.74, 6) is -1.01. The molecule has 1 aromatic carbocycles. The maximum absolute atomic E-state index is 10.4. The van der Waals surface area contributed by atoms with E-state index in [-0.39, 0.29) is 0 Å². The van der Waals surface area contributed by atoms with Gasteiger partial charge in [0.2, 0.25) is 0 Å². The summed E-state index contributed by atoms with van der Waals surface area (Å²) < 4.78 is 1.75. The number of nitriles is 1. The highest BCUT2D eigenvalue weighted by Crippen LogP contribution is 2.10. The van der Waals surface area contributed by atoms with Crippen LogP contribution in [0.3, 0.4) is 0 Å². The van der Waals surface area contributed by atoms with E-state index < -0.39 is 5.97 Å². The second kappa shape index (κ2) is 4.97. The van der Waals surface area contributed by atoms with E-state index in [9.17, 15) is 4.79 Å². The van der Waals surface area contributed by atoms with Crippen molar-refractivity contribution in [2.45, 2.75) is 0 Å². The molecule has 0 unspecified atom stereocenters. The first kappa shape index (κ1) is 11.6. The lowest BCUT2D eigenvalue weighted by Crippen LogP contribution is -1.89. The molecule has 88 valence electrons. The molecule has 0 aliphatic carbocycles. The SMILES string of the molecule is N#Cc1ccc(-n2cnc(C=CC(=O)O)c2)cc1. The number of hydrogen-bond acceptors (Lipinski definition) is 3. The number of hydrogen-bond donors (Lipinski definition) is 1. The molecule has 0 saturated heterocycles. The molecular formula is C13H9N3O2. The quantitative estimate of drug-likeness (QED) is 0.829. The molecular weight excluding hydrogens is 230 g/mol. The zero-order valence-corrected chi connectivity index (χ0v) is 9.32. The van der Waals surface area contributed by atoms with Gasteiger partial charge in [-0.2, -0.15) is 5.26 Å². The topological polar surface area (TPSA) is 78.9 Å². The van der Waals surface area contributed by atoms with Crippen LogP contribution in [-0.4, -0.2) is 20.6 Å². The van der Waals surface area contributed by atoms with Crippen molar-refractivity contribution < 1.29 is 9.90 Å². The number of aliphatic carboxylic acids is 1. The summed E-state index contributed by atoms with van der Waals surface area (Å²) in [7, 11) is 0. The number of carbonyl (C=O) groups is 1. The van der Waals surface area contributed by atoms with Gasteiger partial charge in [-0.25, -0.2) is 9.78 Å². The van der Waals surface area contributed by atoms with Gasteiger partial charge in [-0.3, -0.25) is 0 Å². The van der Waals surface area contributed by atoms with E-state index in [1.54, 1.807) is 41.4 Å². The Labute approximate surface area is 103 Å². The average Bonchev–Trinajstić information content (AvgIpc) is 2.85. The molecule has 0 fully saturated rings. The lowest BCUT2D eigenvalue weighted by atomic mass is 10.2. The summed E-state index contributed by atoms with van der Waals surface area (Å²) in [4.78, 5) is 14.4. The van der Waals surface area contributed by atoms with Gasteiger partial charge in [0.15, 0.2) is 0 Å². The van der Waals surface area contributed by atoms with Crippen molar-refractivity contribution in [1.29, 1.82) is 5.26 Å². The molecule has 5 heteroatoms. The highest BCUT2D eigenvalue weighted by molar-refractivity contribution is 5.84. The van der Waals surface area contributed by atoms with Crippen LogP contribution in [0.25, 0.3) is 11.8 Å². The lowest BCUT2D eigenvalue weighted by Gasteiger charge is -2.00. The Bertz CT molecular complexity index is 633. The fraction of sp³-hybridized carbons (Fsp3) is 0. The number of aromatic nitrogens is 2. The van der Waals surface area contributed by atoms with Crippen LogP contribution in [0.1, 0.15) is 11.3 Å². The molecule has 2 aromatic rings. The average molecular weight is 239 g/mol. The number of rotatable bonds is 3. The minimum absolute atomic E-state index is 0.557. The predicted molar refractivity (Wildman–Crippen MR) is 64.9 cm³/mol. The van der Waals surface area contributed by atoms with Crippen molar-refractivity contribution in [2.75, 3.05) is 0 Å². The molecule has 0 aliphatic heterocycles. The van der Waals surface area contributed by atoms with E-state index in [1.807, 2.05) is 6.07 Å². The van der Waals surface area contributed by atoms with Gasteiger partial charge in [0.25, 0.3) is 0 Å². The van der Waals surface area contributed by atoms with Gasteiger partial charge >= 0.3 is 5.97 Å². The van der Waals surface area contributed by atoms with Crippen molar-refractivity contribution in [3.8, 4) is 11.8 Å². The minimum Gasteiger partial charge on any atom is -0.478 e. The minimum atomic E-state index is -1.01. The monoisotopic (exact) mass is 239 g/mol. The highest BCUT2D eigenvalue weighted by Gasteiger charge is 1.99. The fourth-order valence-electron chi connectivity index (χ4n) is 1.43. The number of carboxylic acid groups (broad SMARTS) is 1. The predicted octanol–water partition coefficient (Wildman–Crippen LogP) is 1.84. The number of nitrogens with zero attached hydrogens (tertiary/aromatic N) is 3. The Morgan fingerprint density at radius 3 is 2.72 bits per heavy atom. The third kappa shape index (κ3) is 2.62. The second-order valence-corrected chi connectivity index (χ2v) is 3.54. The Hall–Kier alpha value is -2.87. The number of carboxylic acids is 1. The molecule has 0 saturated carbocycles. The van der Waals surface area contributed by atoms with Gasteiger partial charge < -0.3 is 9.67 Å². The molecule has 0 spiro atoms. The van der Waals surface area contributed by atoms with Gasteiger partial charge in [0.05, 0.1) is 23.7 Å². The Kier molecular flexibility index (Phi) is 3.21. The summed E-state index contributed by atoms with van der Waals surface area (Å²) in [5, 5.41) is 17.2. The van der Waals surface area contributed by atoms with Crippen LogP contribution in [0, 0.1) is 11.3 Å². The van der Waals surface area contributed by atoms with Crippen LogP contribution >= 0.6 is 0 Å². The molecule has 0 atom stereocenters. The maximum atomic E-state index is 10.4. The van der Waals surface area contributed by atoms with Gasteiger partial charge in [-0.1, -0.05) is 0 Å². The van der Waals surface area contributed by atoms with Gasteiger partial charge in [-0.05, 0) is 30.3 Å². The summed E-state index contributed by atoms with van der Waals surface area (Å²) in [6.07, 6.45) is 5.75. The van der Waals surface area contributed by atoms with Crippen molar-refractivity contribution in [3.63, 3.8) is 0 Å². The summed E-state index contributed by atoms with van der Waals surface area (Å²) in [5.41, 5.74) is 2.00. The molecule has 0 radical (unpaired) electrons. The first-order valence-corrected chi connectivity index (χ1v) is 5.14. The standard InChI is InChI=1S/C13H9N3O2/c14-7-10-1-4-12(5-2-10)16-8-11(15-9-16)3-6-13(17)18/h1-6,8-9H,(H,17,18). The van der Waals surface area contributed by atoms with Crippen LogP contribution in [0.15, 0.2) is 42.9 Å². The van der Waals surface area contributed by atoms with E-state index in [0.29, 0.717) is 11.3 Å². The van der Waals surface area contributed by atoms with E-state index in [0.717, 1.165) is 11.8 Å². The Balaban J connectivity index is 2.24. The van der Waals surface area contributed by atoms with Crippen molar-refractivity contribution >= 4 is 12.0 Å². The van der Waals surface area contributed by atoms with Crippen molar-refractivity contribution in [2.24, 2.45) is 0 Å². The molecule has 0 aliphatic rings. The maximum Gasteiger partial charge on any atom is 0.328 e. The fourth-order valence-corrected chi connectivity index (χ4v) is 1.43. The zero-order chi connectivity index (χ0) is 13.0. The first-order chi connectivity index (χ1) is 8.69. The molecule has 1 heterocycles. The lowest BCUT2D eigenvalue weighted by molar-refractivity contribution is -0.131. The van der Waals surface area contributed by atoms with E-state index in [4.69, 9.17) is 10.4 Å². The molecule has 0 amide bonds. The Morgan fingerprint density at radius 2 is 2.11 bits per heavy atom. The molecule has 1 aromatic heterocycles. The van der Waals surface area contributed by atoms with Crippen molar-refractivity contribution in [1.82, 2.24) is 9.55 Å². The smallest absolute Gasteiger partial charge is 0.328 e. The third-order valence-electron chi connectivity index (χ3n) is 2.29. The van der Waals surface area contributed by atoms with Crippen LogP contribution in [-0.2, 0) is 4.79 Å². The summed E-state index contributed by atoms with van der Waals surface area (Å²) in [6, 6.07) is 9.06. The Morgan fingerprint density at radius 1 is 1.39 bits per heavy atom. The number of benzene rings is 1. The van der Waals surface area contributed by atoms with Crippen LogP contribution < -0.4 is 0 Å². The molecule has 1 N–H and O–H groups in total. The molecule has 2 rings (SSSR count). The summed E-state index contributed by atoms with van der Waals surface area (Å²) in [6.45, 7) is 0. The molecule has 0 bridgehead atoms. The van der Waals surface area contributed by atoms with Crippen LogP contribution in [0.4, 0.5) is 0 Å². The van der Waals surface area contributed by atoms with Crippen molar-refractivity contribution in [3.05, 3.63) is 54.1 Å². The molecule has 18 heavy (non-hydrogen) atoms.